The minimum absolute atomic E-state index is 0.156. The van der Waals surface area contributed by atoms with E-state index in [1.54, 1.807) is 12.1 Å². The Labute approximate surface area is 95.7 Å². The molecule has 2 N–H and O–H groups in total. The van der Waals surface area contributed by atoms with Crippen LogP contribution in [0.3, 0.4) is 0 Å². The lowest BCUT2D eigenvalue weighted by Crippen LogP contribution is -1.95. The van der Waals surface area contributed by atoms with Crippen LogP contribution in [0, 0.1) is 0 Å². The van der Waals surface area contributed by atoms with Gasteiger partial charge in [-0.15, -0.1) is 0 Å². The number of furan rings is 1. The van der Waals surface area contributed by atoms with Crippen LogP contribution in [0.25, 0.3) is 21.9 Å². The van der Waals surface area contributed by atoms with Gasteiger partial charge in [0.05, 0.1) is 0 Å². The zero-order valence-corrected chi connectivity index (χ0v) is 8.68. The van der Waals surface area contributed by atoms with Crippen molar-refractivity contribution in [1.29, 1.82) is 0 Å². The molecule has 17 heavy (non-hydrogen) atoms. The number of carboxylic acids is 1. The van der Waals surface area contributed by atoms with Crippen molar-refractivity contribution in [2.45, 2.75) is 0 Å². The maximum Gasteiger partial charge on any atom is 0.339 e. The number of carboxylic acid groups (broad SMARTS) is 1. The molecule has 1 heterocycles. The average molecular weight is 228 g/mol. The highest BCUT2D eigenvalue weighted by molar-refractivity contribution is 6.09. The smallest absolute Gasteiger partial charge is 0.339 e. The largest absolute Gasteiger partial charge is 0.504 e. The maximum atomic E-state index is 10.9. The van der Waals surface area contributed by atoms with E-state index in [0.717, 1.165) is 5.39 Å². The molecule has 0 aliphatic carbocycles. The third kappa shape index (κ3) is 1.27. The third-order valence-corrected chi connectivity index (χ3v) is 2.75. The summed E-state index contributed by atoms with van der Waals surface area (Å²) >= 11 is 0. The van der Waals surface area contributed by atoms with Gasteiger partial charge in [0.25, 0.3) is 0 Å². The minimum atomic E-state index is -1.18. The highest BCUT2D eigenvalue weighted by atomic mass is 16.4. The fourth-order valence-electron chi connectivity index (χ4n) is 1.95. The summed E-state index contributed by atoms with van der Waals surface area (Å²) in [6.45, 7) is 0. The number of carbonyl (C=O) groups is 1. The molecule has 2 aromatic carbocycles. The van der Waals surface area contributed by atoms with E-state index in [1.165, 1.54) is 6.07 Å². The topological polar surface area (TPSA) is 70.7 Å². The summed E-state index contributed by atoms with van der Waals surface area (Å²) in [5.74, 6) is -1.50. The van der Waals surface area contributed by atoms with Crippen molar-refractivity contribution in [3.05, 3.63) is 42.0 Å². The number of phenols is 1. The Morgan fingerprint density at radius 1 is 1.06 bits per heavy atom. The summed E-state index contributed by atoms with van der Waals surface area (Å²) in [5.41, 5.74) is 0.683. The van der Waals surface area contributed by atoms with Crippen LogP contribution in [-0.2, 0) is 0 Å². The maximum absolute atomic E-state index is 10.9. The summed E-state index contributed by atoms with van der Waals surface area (Å²) in [7, 11) is 0. The zero-order chi connectivity index (χ0) is 12.0. The molecule has 0 unspecified atom stereocenters. The average Bonchev–Trinajstić information content (AvgIpc) is 2.69. The molecule has 1 aromatic heterocycles. The second-order valence-corrected chi connectivity index (χ2v) is 3.74. The fraction of sp³-hybridized carbons (Fsp3) is 0. The monoisotopic (exact) mass is 228 g/mol. The van der Waals surface area contributed by atoms with Gasteiger partial charge in [-0.25, -0.2) is 4.79 Å². The molecule has 84 valence electrons. The van der Waals surface area contributed by atoms with Crippen molar-refractivity contribution in [2.75, 3.05) is 0 Å². The Balaban J connectivity index is 2.48. The summed E-state index contributed by atoms with van der Waals surface area (Å²) in [6, 6.07) is 10.3. The Hall–Kier alpha value is -2.49. The summed E-state index contributed by atoms with van der Waals surface area (Å²) in [5, 5.41) is 20.3. The van der Waals surface area contributed by atoms with Crippen molar-refractivity contribution < 1.29 is 19.4 Å². The second-order valence-electron chi connectivity index (χ2n) is 3.74. The van der Waals surface area contributed by atoms with Crippen LogP contribution in [-0.4, -0.2) is 16.2 Å². The van der Waals surface area contributed by atoms with E-state index in [9.17, 15) is 9.90 Å². The number of para-hydroxylation sites is 1. The number of rotatable bonds is 1. The molecule has 3 aromatic rings. The predicted octanol–water partition coefficient (Wildman–Crippen LogP) is 2.99. The third-order valence-electron chi connectivity index (χ3n) is 2.75. The van der Waals surface area contributed by atoms with E-state index in [0.29, 0.717) is 11.0 Å². The molecule has 0 atom stereocenters. The van der Waals surface area contributed by atoms with Crippen LogP contribution in [0.15, 0.2) is 40.8 Å². The Kier molecular flexibility index (Phi) is 1.86. The Morgan fingerprint density at radius 2 is 1.82 bits per heavy atom. The first-order chi connectivity index (χ1) is 8.18. The molecule has 0 saturated heterocycles. The van der Waals surface area contributed by atoms with Crippen LogP contribution in [0.1, 0.15) is 10.4 Å². The van der Waals surface area contributed by atoms with Crippen molar-refractivity contribution in [2.24, 2.45) is 0 Å². The lowest BCUT2D eigenvalue weighted by atomic mass is 10.1. The normalized spacial score (nSPS) is 11.1. The molecule has 0 fully saturated rings. The number of benzene rings is 2. The van der Waals surface area contributed by atoms with Gasteiger partial charge in [0.2, 0.25) is 0 Å². The summed E-state index contributed by atoms with van der Waals surface area (Å²) < 4.78 is 5.46. The van der Waals surface area contributed by atoms with E-state index in [4.69, 9.17) is 9.52 Å². The Bertz CT molecular complexity index is 740. The second kappa shape index (κ2) is 3.25. The molecule has 0 spiro atoms. The van der Waals surface area contributed by atoms with E-state index >= 15 is 0 Å². The van der Waals surface area contributed by atoms with Gasteiger partial charge in [-0.2, -0.15) is 0 Å². The predicted molar refractivity (Wildman–Crippen MR) is 62.3 cm³/mol. The van der Waals surface area contributed by atoms with Crippen molar-refractivity contribution in [3.8, 4) is 5.75 Å². The van der Waals surface area contributed by atoms with Gasteiger partial charge in [0.1, 0.15) is 11.1 Å². The van der Waals surface area contributed by atoms with Crippen LogP contribution < -0.4 is 0 Å². The lowest BCUT2D eigenvalue weighted by Gasteiger charge is -1.98. The quantitative estimate of drug-likeness (QED) is 0.671. The number of hydrogen-bond acceptors (Lipinski definition) is 3. The van der Waals surface area contributed by atoms with E-state index < -0.39 is 5.97 Å². The van der Waals surface area contributed by atoms with Crippen LogP contribution >= 0.6 is 0 Å². The van der Waals surface area contributed by atoms with Crippen molar-refractivity contribution in [1.82, 2.24) is 0 Å². The molecular formula is C13H8O4. The van der Waals surface area contributed by atoms with Gasteiger partial charge in [-0.3, -0.25) is 0 Å². The summed E-state index contributed by atoms with van der Waals surface area (Å²) in [6.07, 6.45) is 0. The van der Waals surface area contributed by atoms with Crippen molar-refractivity contribution >= 4 is 27.9 Å². The highest BCUT2D eigenvalue weighted by Gasteiger charge is 2.17. The minimum Gasteiger partial charge on any atom is -0.504 e. The standard InChI is InChI=1S/C13H8O4/c14-11-9(13(15)16)6-5-8-7-3-1-2-4-10(7)17-12(8)11/h1-6,14H,(H,15,16). The number of fused-ring (bicyclic) bond motifs is 3. The summed E-state index contributed by atoms with van der Waals surface area (Å²) in [4.78, 5) is 10.9. The molecular weight excluding hydrogens is 220 g/mol. The first-order valence-corrected chi connectivity index (χ1v) is 5.05. The molecule has 4 nitrogen and oxygen atoms in total. The van der Waals surface area contributed by atoms with Gasteiger partial charge in [0, 0.05) is 10.8 Å². The van der Waals surface area contributed by atoms with E-state index in [2.05, 4.69) is 0 Å². The van der Waals surface area contributed by atoms with Gasteiger partial charge >= 0.3 is 5.97 Å². The lowest BCUT2D eigenvalue weighted by molar-refractivity contribution is 0.0694. The molecule has 0 aliphatic heterocycles. The van der Waals surface area contributed by atoms with Crippen LogP contribution in [0.2, 0.25) is 0 Å². The molecule has 4 heteroatoms. The van der Waals surface area contributed by atoms with Crippen molar-refractivity contribution in [3.63, 3.8) is 0 Å². The van der Waals surface area contributed by atoms with Crippen LogP contribution in [0.5, 0.6) is 5.75 Å². The Morgan fingerprint density at radius 3 is 2.59 bits per heavy atom. The van der Waals surface area contributed by atoms with Gasteiger partial charge in [0.15, 0.2) is 11.3 Å². The zero-order valence-electron chi connectivity index (χ0n) is 8.68. The SMILES string of the molecule is O=C(O)c1ccc2c(oc3ccccc32)c1O. The van der Waals surface area contributed by atoms with Crippen LogP contribution in [0.4, 0.5) is 0 Å². The molecule has 0 radical (unpaired) electrons. The van der Waals surface area contributed by atoms with E-state index in [1.807, 2.05) is 18.2 Å². The molecule has 0 saturated carbocycles. The first-order valence-electron chi connectivity index (χ1n) is 5.05. The molecule has 0 aliphatic rings. The fourth-order valence-corrected chi connectivity index (χ4v) is 1.95. The molecule has 0 amide bonds. The number of aromatic carboxylic acids is 1. The molecule has 3 rings (SSSR count). The molecule has 0 bridgehead atoms. The number of hydrogen-bond donors (Lipinski definition) is 2. The first kappa shape index (κ1) is 9.72. The van der Waals surface area contributed by atoms with Gasteiger partial charge < -0.3 is 14.6 Å². The number of aromatic hydroxyl groups is 1. The van der Waals surface area contributed by atoms with Gasteiger partial charge in [-0.1, -0.05) is 18.2 Å². The highest BCUT2D eigenvalue weighted by Crippen LogP contribution is 2.35. The van der Waals surface area contributed by atoms with E-state index in [-0.39, 0.29) is 16.9 Å². The van der Waals surface area contributed by atoms with Gasteiger partial charge in [-0.05, 0) is 18.2 Å².